The third-order valence-electron chi connectivity index (χ3n) is 6.28. The van der Waals surface area contributed by atoms with Crippen molar-refractivity contribution in [2.45, 2.75) is 44.6 Å². The number of nitrogens with zero attached hydrogens (tertiary/aromatic N) is 5. The highest BCUT2D eigenvalue weighted by Gasteiger charge is 2.26. The van der Waals surface area contributed by atoms with Crippen LogP contribution in [0.25, 0.3) is 22.4 Å². The summed E-state index contributed by atoms with van der Waals surface area (Å²) in [6.45, 7) is 6.13. The smallest absolute Gasteiger partial charge is 0.178 e. The molecule has 10 heteroatoms. The third-order valence-corrected chi connectivity index (χ3v) is 8.16. The van der Waals surface area contributed by atoms with Crippen LogP contribution in [0.4, 0.5) is 5.82 Å². The number of rotatable bonds is 5. The van der Waals surface area contributed by atoms with Crippen molar-refractivity contribution in [3.8, 4) is 11.4 Å². The van der Waals surface area contributed by atoms with Gasteiger partial charge in [0.1, 0.15) is 23.5 Å². The first-order valence-electron chi connectivity index (χ1n) is 11.1. The molecule has 0 unspecified atom stereocenters. The van der Waals surface area contributed by atoms with Crippen molar-refractivity contribution in [1.29, 1.82) is 0 Å². The van der Waals surface area contributed by atoms with Gasteiger partial charge in [-0.1, -0.05) is 31.2 Å². The minimum atomic E-state index is -3.23. The van der Waals surface area contributed by atoms with Gasteiger partial charge in [-0.25, -0.2) is 23.1 Å². The molecule has 5 rings (SSSR count). The van der Waals surface area contributed by atoms with E-state index in [0.717, 1.165) is 40.0 Å². The number of nitrogens with one attached hydrogen (secondary N) is 2. The van der Waals surface area contributed by atoms with Crippen molar-refractivity contribution in [3.63, 3.8) is 0 Å². The van der Waals surface area contributed by atoms with Crippen LogP contribution >= 0.6 is 0 Å². The molecule has 9 nitrogen and oxygen atoms in total. The van der Waals surface area contributed by atoms with Gasteiger partial charge in [-0.3, -0.25) is 0 Å². The lowest BCUT2D eigenvalue weighted by Gasteiger charge is -2.26. The lowest BCUT2D eigenvalue weighted by Crippen LogP contribution is -2.20. The van der Waals surface area contributed by atoms with Crippen LogP contribution in [-0.4, -0.2) is 44.1 Å². The van der Waals surface area contributed by atoms with Gasteiger partial charge in [0.05, 0.1) is 33.5 Å². The van der Waals surface area contributed by atoms with Gasteiger partial charge < -0.3 is 10.3 Å². The van der Waals surface area contributed by atoms with Crippen LogP contribution in [0, 0.1) is 12.8 Å². The second-order valence-corrected chi connectivity index (χ2v) is 11.0. The molecule has 172 valence electrons. The predicted octanol–water partition coefficient (Wildman–Crippen LogP) is 3.59. The number of anilines is 1. The van der Waals surface area contributed by atoms with E-state index < -0.39 is 9.84 Å². The molecule has 4 heterocycles. The molecular formula is C23H27N7O2S. The summed E-state index contributed by atoms with van der Waals surface area (Å²) in [4.78, 5) is 12.7. The molecule has 0 bridgehead atoms. The van der Waals surface area contributed by atoms with Crippen molar-refractivity contribution < 1.29 is 8.42 Å². The first-order chi connectivity index (χ1) is 15.7. The summed E-state index contributed by atoms with van der Waals surface area (Å²) in [6, 6.07) is 7.71. The lowest BCUT2D eigenvalue weighted by atomic mass is 9.94. The van der Waals surface area contributed by atoms with E-state index in [-0.39, 0.29) is 17.7 Å². The third kappa shape index (κ3) is 3.78. The Hall–Kier alpha value is -3.27. The molecule has 1 aromatic carbocycles. The van der Waals surface area contributed by atoms with Gasteiger partial charge in [0.15, 0.2) is 9.84 Å². The number of sulfone groups is 1. The highest BCUT2D eigenvalue weighted by molar-refractivity contribution is 7.91. The molecule has 0 spiro atoms. The SMILES string of the molecule is Cc1nnn(C)c1-c1cc2c(N[C@@H](c3ccc4c(c3)S(=O)(=O)CCC4)C(C)C)ncnc2[nH]1. The summed E-state index contributed by atoms with van der Waals surface area (Å²) in [5.41, 5.74) is 5.12. The number of aromatic amines is 1. The largest absolute Gasteiger partial charge is 0.362 e. The van der Waals surface area contributed by atoms with Gasteiger partial charge in [-0.2, -0.15) is 0 Å². The van der Waals surface area contributed by atoms with Crippen LogP contribution in [0.1, 0.15) is 43.1 Å². The Morgan fingerprint density at radius 1 is 1.18 bits per heavy atom. The summed E-state index contributed by atoms with van der Waals surface area (Å²) in [5, 5.41) is 12.6. The lowest BCUT2D eigenvalue weighted by molar-refractivity contribution is 0.542. The molecule has 0 aliphatic carbocycles. The molecule has 0 radical (unpaired) electrons. The maximum atomic E-state index is 12.7. The fourth-order valence-electron chi connectivity index (χ4n) is 4.62. The van der Waals surface area contributed by atoms with E-state index in [1.165, 1.54) is 6.33 Å². The van der Waals surface area contributed by atoms with Crippen LogP contribution in [0.5, 0.6) is 0 Å². The molecule has 2 N–H and O–H groups in total. The van der Waals surface area contributed by atoms with Crippen LogP contribution in [-0.2, 0) is 23.3 Å². The second kappa shape index (κ2) is 7.95. The van der Waals surface area contributed by atoms with Gasteiger partial charge in [0, 0.05) is 7.05 Å². The Kier molecular flexibility index (Phi) is 5.19. The monoisotopic (exact) mass is 465 g/mol. The van der Waals surface area contributed by atoms with E-state index in [4.69, 9.17) is 0 Å². The van der Waals surface area contributed by atoms with Crippen LogP contribution in [0.3, 0.4) is 0 Å². The normalized spacial score (nSPS) is 16.2. The summed E-state index contributed by atoms with van der Waals surface area (Å²) in [6.07, 6.45) is 3.00. The Morgan fingerprint density at radius 3 is 2.73 bits per heavy atom. The van der Waals surface area contributed by atoms with Crippen molar-refractivity contribution in [3.05, 3.63) is 47.4 Å². The Morgan fingerprint density at radius 2 is 2.00 bits per heavy atom. The van der Waals surface area contributed by atoms with Crippen LogP contribution in [0.15, 0.2) is 35.5 Å². The molecule has 33 heavy (non-hydrogen) atoms. The molecule has 1 aliphatic heterocycles. The summed E-state index contributed by atoms with van der Waals surface area (Å²) in [5.74, 6) is 1.10. The molecule has 0 saturated carbocycles. The van der Waals surface area contributed by atoms with Crippen molar-refractivity contribution in [1.82, 2.24) is 29.9 Å². The average Bonchev–Trinajstić information content (AvgIpc) is 3.34. The molecule has 0 saturated heterocycles. The zero-order valence-corrected chi connectivity index (χ0v) is 19.9. The van der Waals surface area contributed by atoms with E-state index in [1.807, 2.05) is 38.2 Å². The summed E-state index contributed by atoms with van der Waals surface area (Å²) >= 11 is 0. The molecule has 0 fully saturated rings. The van der Waals surface area contributed by atoms with Gasteiger partial charge in [-0.05, 0) is 48.9 Å². The number of H-pyrrole nitrogens is 1. The van der Waals surface area contributed by atoms with Gasteiger partial charge >= 0.3 is 0 Å². The van der Waals surface area contributed by atoms with Gasteiger partial charge in [0.2, 0.25) is 0 Å². The Balaban J connectivity index is 1.55. The maximum absolute atomic E-state index is 12.7. The van der Waals surface area contributed by atoms with E-state index in [9.17, 15) is 8.42 Å². The molecule has 1 aliphatic rings. The Labute approximate surface area is 192 Å². The number of aromatic nitrogens is 6. The van der Waals surface area contributed by atoms with Crippen molar-refractivity contribution >= 4 is 26.7 Å². The first-order valence-corrected chi connectivity index (χ1v) is 12.7. The highest BCUT2D eigenvalue weighted by Crippen LogP contribution is 2.34. The van der Waals surface area contributed by atoms with Crippen LogP contribution < -0.4 is 5.32 Å². The number of hydrogen-bond donors (Lipinski definition) is 2. The zero-order chi connectivity index (χ0) is 23.3. The van der Waals surface area contributed by atoms with E-state index in [1.54, 1.807) is 4.68 Å². The quantitative estimate of drug-likeness (QED) is 0.462. The minimum absolute atomic E-state index is 0.121. The minimum Gasteiger partial charge on any atom is -0.362 e. The first kappa shape index (κ1) is 21.6. The van der Waals surface area contributed by atoms with Crippen molar-refractivity contribution in [2.24, 2.45) is 13.0 Å². The summed E-state index contributed by atoms with van der Waals surface area (Å²) < 4.78 is 27.1. The number of aryl methyl sites for hydroxylation is 3. The summed E-state index contributed by atoms with van der Waals surface area (Å²) in [7, 11) is -1.38. The standard InChI is InChI=1S/C23H27N7O2S/c1-13(2)20(16-8-7-15-6-5-9-33(31,32)19(15)10-16)27-23-17-11-18(26-22(17)24-12-25-23)21-14(3)28-29-30(21)4/h7-8,10-13,20H,5-6,9H2,1-4H3,(H2,24,25,26,27)/t20-/m1/s1. The topological polar surface area (TPSA) is 118 Å². The fraction of sp³-hybridized carbons (Fsp3) is 0.391. The fourth-order valence-corrected chi connectivity index (χ4v) is 6.25. The van der Waals surface area contributed by atoms with Crippen LogP contribution in [0.2, 0.25) is 0 Å². The van der Waals surface area contributed by atoms with Gasteiger partial charge in [0.25, 0.3) is 0 Å². The number of benzene rings is 1. The van der Waals surface area contributed by atoms with E-state index >= 15 is 0 Å². The van der Waals surface area contributed by atoms with Crippen molar-refractivity contribution in [2.75, 3.05) is 11.1 Å². The number of hydrogen-bond acceptors (Lipinski definition) is 7. The maximum Gasteiger partial charge on any atom is 0.178 e. The Bertz CT molecular complexity index is 1430. The van der Waals surface area contributed by atoms with Gasteiger partial charge in [-0.15, -0.1) is 5.10 Å². The average molecular weight is 466 g/mol. The highest BCUT2D eigenvalue weighted by atomic mass is 32.2. The molecule has 3 aromatic heterocycles. The predicted molar refractivity (Wildman–Crippen MR) is 127 cm³/mol. The zero-order valence-electron chi connectivity index (χ0n) is 19.1. The van der Waals surface area contributed by atoms with E-state index in [2.05, 4.69) is 44.4 Å². The molecular weight excluding hydrogens is 438 g/mol. The molecule has 1 atom stereocenters. The molecule has 0 amide bonds. The molecule has 4 aromatic rings. The number of fused-ring (bicyclic) bond motifs is 2. The second-order valence-electron chi connectivity index (χ2n) is 8.97. The van der Waals surface area contributed by atoms with E-state index in [0.29, 0.717) is 22.8 Å².